The van der Waals surface area contributed by atoms with Gasteiger partial charge in [-0.25, -0.2) is 4.18 Å². The number of esters is 1. The van der Waals surface area contributed by atoms with Crippen molar-refractivity contribution < 1.29 is 56.2 Å². The van der Waals surface area contributed by atoms with Gasteiger partial charge in [0.2, 0.25) is 0 Å². The molecule has 0 amide bonds. The maximum absolute atomic E-state index is 12.8. The van der Waals surface area contributed by atoms with Crippen LogP contribution < -0.4 is 0 Å². The second-order valence-corrected chi connectivity index (χ2v) is 16.7. The third kappa shape index (κ3) is 29.0. The molecule has 0 aromatic rings. The van der Waals surface area contributed by atoms with E-state index < -0.39 is 59.8 Å². The molecule has 0 aromatic carbocycles. The molecule has 4 N–H and O–H groups in total. The van der Waals surface area contributed by atoms with Gasteiger partial charge < -0.3 is 34.3 Å². The minimum absolute atomic E-state index is 0.0442. The van der Waals surface area contributed by atoms with E-state index in [1.165, 1.54) is 135 Å². The first-order valence-corrected chi connectivity index (χ1v) is 23.7. The van der Waals surface area contributed by atoms with Crippen LogP contribution in [0.2, 0.25) is 0 Å². The van der Waals surface area contributed by atoms with Crippen molar-refractivity contribution in [3.63, 3.8) is 0 Å². The van der Waals surface area contributed by atoms with Crippen molar-refractivity contribution in [3.8, 4) is 0 Å². The van der Waals surface area contributed by atoms with Crippen LogP contribution in [0.1, 0.15) is 200 Å². The van der Waals surface area contributed by atoms with E-state index in [-0.39, 0.29) is 19.6 Å². The summed E-state index contributed by atoms with van der Waals surface area (Å²) < 4.78 is 58.9. The van der Waals surface area contributed by atoms with Crippen LogP contribution in [0.4, 0.5) is 0 Å². The Morgan fingerprint density at radius 3 is 1.45 bits per heavy atom. The van der Waals surface area contributed by atoms with Gasteiger partial charge in [-0.2, -0.15) is 8.42 Å². The summed E-state index contributed by atoms with van der Waals surface area (Å²) in [5.41, 5.74) is 0. The highest BCUT2D eigenvalue weighted by molar-refractivity contribution is 7.80. The van der Waals surface area contributed by atoms with Crippen molar-refractivity contribution in [3.05, 3.63) is 0 Å². The molecule has 0 bridgehead atoms. The predicted molar refractivity (Wildman–Crippen MR) is 216 cm³/mol. The maximum Gasteiger partial charge on any atom is 0.397 e. The third-order valence-corrected chi connectivity index (χ3v) is 10.9. The van der Waals surface area contributed by atoms with E-state index in [0.29, 0.717) is 13.0 Å². The zero-order chi connectivity index (χ0) is 40.4. The van der Waals surface area contributed by atoms with Crippen LogP contribution in [-0.4, -0.2) is 97.5 Å². The van der Waals surface area contributed by atoms with E-state index in [9.17, 15) is 28.5 Å². The Bertz CT molecular complexity index is 984. The average Bonchev–Trinajstić information content (AvgIpc) is 3.15. The summed E-state index contributed by atoms with van der Waals surface area (Å²) in [4.78, 5) is 12.8. The Labute approximate surface area is 335 Å². The largest absolute Gasteiger partial charge is 0.457 e. The van der Waals surface area contributed by atoms with Crippen LogP contribution in [-0.2, 0) is 38.3 Å². The van der Waals surface area contributed by atoms with Crippen LogP contribution in [0, 0.1) is 0 Å². The van der Waals surface area contributed by atoms with Gasteiger partial charge in [-0.05, 0) is 12.8 Å². The second kappa shape index (κ2) is 35.1. The van der Waals surface area contributed by atoms with Gasteiger partial charge in [0.05, 0.1) is 19.8 Å². The van der Waals surface area contributed by atoms with E-state index in [1.807, 2.05) is 0 Å². The topological polar surface area (TPSA) is 178 Å². The van der Waals surface area contributed by atoms with Crippen molar-refractivity contribution in [2.45, 2.75) is 237 Å². The molecule has 1 heterocycles. The van der Waals surface area contributed by atoms with E-state index in [1.54, 1.807) is 0 Å². The Morgan fingerprint density at radius 1 is 0.618 bits per heavy atom. The third-order valence-electron chi connectivity index (χ3n) is 10.5. The zero-order valence-electron chi connectivity index (χ0n) is 34.8. The molecule has 12 nitrogen and oxygen atoms in total. The molecular weight excluding hydrogens is 729 g/mol. The average molecular weight is 811 g/mol. The van der Waals surface area contributed by atoms with Crippen LogP contribution in [0.3, 0.4) is 0 Å². The van der Waals surface area contributed by atoms with E-state index in [2.05, 4.69) is 18.0 Å². The highest BCUT2D eigenvalue weighted by atomic mass is 32.3. The number of aliphatic hydroxyl groups is 3. The van der Waals surface area contributed by atoms with Gasteiger partial charge in [0.15, 0.2) is 6.29 Å². The van der Waals surface area contributed by atoms with Crippen molar-refractivity contribution >= 4 is 16.4 Å². The van der Waals surface area contributed by atoms with Gasteiger partial charge in [0.1, 0.15) is 30.5 Å². The van der Waals surface area contributed by atoms with Crippen molar-refractivity contribution in [2.24, 2.45) is 0 Å². The molecule has 6 unspecified atom stereocenters. The number of unbranched alkanes of at least 4 members (excludes halogenated alkanes) is 26. The summed E-state index contributed by atoms with van der Waals surface area (Å²) in [5.74, 6) is -0.397. The minimum atomic E-state index is -5.05. The summed E-state index contributed by atoms with van der Waals surface area (Å²) in [5, 5.41) is 30.6. The van der Waals surface area contributed by atoms with Gasteiger partial charge >= 0.3 is 16.4 Å². The molecule has 55 heavy (non-hydrogen) atoms. The first-order chi connectivity index (χ1) is 26.6. The number of ether oxygens (including phenoxy) is 4. The van der Waals surface area contributed by atoms with E-state index >= 15 is 0 Å². The lowest BCUT2D eigenvalue weighted by Crippen LogP contribution is -2.60. The molecule has 328 valence electrons. The zero-order valence-corrected chi connectivity index (χ0v) is 35.6. The highest BCUT2D eigenvalue weighted by Crippen LogP contribution is 2.26. The molecule has 1 rings (SSSR count). The SMILES string of the molecule is CCCCCCCCCCCCCCCCCCCCOCC(COC1OC(CO)C(O)C(OS(=O)(=O)O)C1O)OC(=O)CCCCCCCCCCCC. The lowest BCUT2D eigenvalue weighted by molar-refractivity contribution is -0.301. The van der Waals surface area contributed by atoms with Gasteiger partial charge in [0.25, 0.3) is 0 Å². The Balaban J connectivity index is 2.38. The standard InChI is InChI=1S/C42H82O12S/c1-3-5-7-9-11-13-15-16-17-18-19-20-21-22-24-26-28-30-32-50-34-36(52-38(44)31-29-27-25-23-14-12-10-8-6-4-2)35-51-42-40(46)41(54-55(47,48)49)39(45)37(33-43)53-42/h36-37,39-43,45-46H,3-35H2,1-2H3,(H,47,48,49). The molecule has 1 fully saturated rings. The molecule has 1 aliphatic heterocycles. The Hall–Kier alpha value is -0.900. The van der Waals surface area contributed by atoms with Gasteiger partial charge in [0, 0.05) is 13.0 Å². The van der Waals surface area contributed by atoms with Gasteiger partial charge in [-0.1, -0.05) is 181 Å². The van der Waals surface area contributed by atoms with Crippen LogP contribution in [0.15, 0.2) is 0 Å². The molecule has 0 radical (unpaired) electrons. The summed E-state index contributed by atoms with van der Waals surface area (Å²) in [6, 6.07) is 0. The summed E-state index contributed by atoms with van der Waals surface area (Å²) in [7, 11) is -5.05. The smallest absolute Gasteiger partial charge is 0.397 e. The minimum Gasteiger partial charge on any atom is -0.457 e. The molecule has 0 aromatic heterocycles. The van der Waals surface area contributed by atoms with Crippen LogP contribution in [0.5, 0.6) is 0 Å². The van der Waals surface area contributed by atoms with Crippen molar-refractivity contribution in [1.82, 2.24) is 0 Å². The van der Waals surface area contributed by atoms with Crippen molar-refractivity contribution in [1.29, 1.82) is 0 Å². The molecule has 0 spiro atoms. The first kappa shape index (κ1) is 52.1. The Kier molecular flexibility index (Phi) is 33.2. The number of hydrogen-bond acceptors (Lipinski definition) is 11. The maximum atomic E-state index is 12.8. The molecule has 13 heteroatoms. The van der Waals surface area contributed by atoms with Crippen LogP contribution >= 0.6 is 0 Å². The quantitative estimate of drug-likeness (QED) is 0.0264. The van der Waals surface area contributed by atoms with E-state index in [4.69, 9.17) is 23.5 Å². The Morgan fingerprint density at radius 2 is 1.04 bits per heavy atom. The fraction of sp³-hybridized carbons (Fsp3) is 0.976. The summed E-state index contributed by atoms with van der Waals surface area (Å²) >= 11 is 0. The second-order valence-electron chi connectivity index (χ2n) is 15.7. The number of carbonyl (C=O) groups excluding carboxylic acids is 1. The van der Waals surface area contributed by atoms with Gasteiger partial charge in [-0.15, -0.1) is 0 Å². The molecule has 0 aliphatic carbocycles. The van der Waals surface area contributed by atoms with E-state index in [0.717, 1.165) is 38.5 Å². The molecule has 1 aliphatic rings. The first-order valence-electron chi connectivity index (χ1n) is 22.3. The molecular formula is C42H82O12S. The normalized spacial score (nSPS) is 20.9. The molecule has 1 saturated heterocycles. The van der Waals surface area contributed by atoms with Crippen LogP contribution in [0.25, 0.3) is 0 Å². The number of carbonyl (C=O) groups is 1. The number of aliphatic hydroxyl groups excluding tert-OH is 3. The fourth-order valence-electron chi connectivity index (χ4n) is 7.09. The predicted octanol–water partition coefficient (Wildman–Crippen LogP) is 8.91. The fourth-order valence-corrected chi connectivity index (χ4v) is 7.59. The highest BCUT2D eigenvalue weighted by Gasteiger charge is 2.48. The number of hydrogen-bond donors (Lipinski definition) is 4. The lowest BCUT2D eigenvalue weighted by atomic mass is 9.99. The monoisotopic (exact) mass is 811 g/mol. The molecule has 0 saturated carbocycles. The van der Waals surface area contributed by atoms with Crippen molar-refractivity contribution in [2.75, 3.05) is 26.4 Å². The summed E-state index contributed by atoms with van der Waals surface area (Å²) in [6.45, 7) is 4.00. The molecule has 6 atom stereocenters. The summed E-state index contributed by atoms with van der Waals surface area (Å²) in [6.07, 6.45) is 25.7. The number of rotatable bonds is 39. The van der Waals surface area contributed by atoms with Gasteiger partial charge in [-0.3, -0.25) is 9.35 Å². The lowest BCUT2D eigenvalue weighted by Gasteiger charge is -2.41.